The number of hydrogen-bond acceptors (Lipinski definition) is 1. The van der Waals surface area contributed by atoms with Crippen LogP contribution < -0.4 is 5.73 Å². The van der Waals surface area contributed by atoms with E-state index in [1.165, 1.54) is 43.0 Å². The first-order valence-corrected chi connectivity index (χ1v) is 8.82. The van der Waals surface area contributed by atoms with Crippen molar-refractivity contribution in [3.8, 4) is 0 Å². The van der Waals surface area contributed by atoms with E-state index >= 15 is 0 Å². The van der Waals surface area contributed by atoms with Gasteiger partial charge in [0.15, 0.2) is 0 Å². The maximum atomic E-state index is 6.45. The van der Waals surface area contributed by atoms with Crippen LogP contribution in [0.3, 0.4) is 0 Å². The van der Waals surface area contributed by atoms with Gasteiger partial charge in [-0.3, -0.25) is 0 Å². The third-order valence-corrected chi connectivity index (χ3v) is 7.06. The lowest BCUT2D eigenvalue weighted by molar-refractivity contribution is -0.0821. The lowest BCUT2D eigenvalue weighted by Crippen LogP contribution is -2.59. The first kappa shape index (κ1) is 13.3. The highest BCUT2D eigenvalue weighted by molar-refractivity contribution is 9.10. The molecule has 3 atom stereocenters. The molecule has 4 bridgehead atoms. The molecule has 1 aromatic rings. The largest absolute Gasteiger partial charge is 0.327 e. The Labute approximate surface area is 130 Å². The van der Waals surface area contributed by atoms with Crippen LogP contribution in [0.4, 0.5) is 0 Å². The van der Waals surface area contributed by atoms with Crippen LogP contribution in [0.1, 0.15) is 51.0 Å². The average molecular weight is 334 g/mol. The zero-order chi connectivity index (χ0) is 14.0. The number of rotatable bonds is 2. The molecule has 20 heavy (non-hydrogen) atoms. The van der Waals surface area contributed by atoms with Crippen LogP contribution in [0.5, 0.6) is 0 Å². The van der Waals surface area contributed by atoms with E-state index in [0.717, 1.165) is 11.8 Å². The average Bonchev–Trinajstić information content (AvgIpc) is 2.37. The maximum Gasteiger partial charge on any atom is 0.0175 e. The molecule has 0 amide bonds. The van der Waals surface area contributed by atoms with E-state index in [1.807, 2.05) is 0 Å². The van der Waals surface area contributed by atoms with Crippen molar-refractivity contribution in [2.75, 3.05) is 0 Å². The molecular formula is C18H24BrN. The molecule has 5 rings (SSSR count). The SMILES string of the molecule is CC(N)C12CC3CC(CC(c4ccc(Br)cc4)(C3)C1)C2. The minimum Gasteiger partial charge on any atom is -0.327 e. The monoisotopic (exact) mass is 333 g/mol. The summed E-state index contributed by atoms with van der Waals surface area (Å²) in [7, 11) is 0. The van der Waals surface area contributed by atoms with Crippen LogP contribution in [-0.4, -0.2) is 6.04 Å². The fourth-order valence-electron chi connectivity index (χ4n) is 6.01. The van der Waals surface area contributed by atoms with Gasteiger partial charge in [-0.25, -0.2) is 0 Å². The van der Waals surface area contributed by atoms with Gasteiger partial charge in [0, 0.05) is 10.5 Å². The Hall–Kier alpha value is -0.340. The molecule has 1 aromatic carbocycles. The van der Waals surface area contributed by atoms with Gasteiger partial charge >= 0.3 is 0 Å². The summed E-state index contributed by atoms with van der Waals surface area (Å²) in [4.78, 5) is 0. The third-order valence-electron chi connectivity index (χ3n) is 6.53. The van der Waals surface area contributed by atoms with Crippen molar-refractivity contribution in [1.82, 2.24) is 0 Å². The summed E-state index contributed by atoms with van der Waals surface area (Å²) in [6, 6.07) is 9.49. The van der Waals surface area contributed by atoms with E-state index < -0.39 is 0 Å². The van der Waals surface area contributed by atoms with Crippen LogP contribution >= 0.6 is 15.9 Å². The molecule has 1 nitrogen and oxygen atoms in total. The number of nitrogens with two attached hydrogens (primary N) is 1. The standard InChI is InChI=1S/C18H24BrN/c1-12(20)17-7-13-6-14(8-17)10-18(9-13,11-17)15-2-4-16(19)5-3-15/h2-5,12-14H,6-11,20H2,1H3. The molecule has 0 heterocycles. The summed E-state index contributed by atoms with van der Waals surface area (Å²) in [5, 5.41) is 0. The molecule has 2 heteroatoms. The van der Waals surface area contributed by atoms with Gasteiger partial charge < -0.3 is 5.73 Å². The van der Waals surface area contributed by atoms with Gasteiger partial charge in [-0.1, -0.05) is 28.1 Å². The molecule has 4 aliphatic rings. The Morgan fingerprint density at radius 1 is 1.10 bits per heavy atom. The lowest BCUT2D eigenvalue weighted by Gasteiger charge is -2.63. The topological polar surface area (TPSA) is 26.0 Å². The molecule has 0 saturated heterocycles. The third kappa shape index (κ3) is 1.84. The Balaban J connectivity index is 1.77. The van der Waals surface area contributed by atoms with Gasteiger partial charge in [-0.05, 0) is 85.8 Å². The zero-order valence-electron chi connectivity index (χ0n) is 12.2. The number of hydrogen-bond donors (Lipinski definition) is 1. The minimum absolute atomic E-state index is 0.350. The Morgan fingerprint density at radius 2 is 1.70 bits per heavy atom. The maximum absolute atomic E-state index is 6.45. The summed E-state index contributed by atoms with van der Waals surface area (Å²) >= 11 is 3.57. The summed E-state index contributed by atoms with van der Waals surface area (Å²) in [5.74, 6) is 1.84. The van der Waals surface area contributed by atoms with Crippen LogP contribution in [0.15, 0.2) is 28.7 Å². The molecule has 0 spiro atoms. The van der Waals surface area contributed by atoms with Crippen molar-refractivity contribution in [3.63, 3.8) is 0 Å². The summed E-state index contributed by atoms with van der Waals surface area (Å²) < 4.78 is 1.19. The zero-order valence-corrected chi connectivity index (χ0v) is 13.8. The molecule has 4 aliphatic carbocycles. The first-order valence-electron chi connectivity index (χ1n) is 8.03. The quantitative estimate of drug-likeness (QED) is 0.838. The van der Waals surface area contributed by atoms with E-state index in [4.69, 9.17) is 5.73 Å². The first-order chi connectivity index (χ1) is 9.51. The van der Waals surface area contributed by atoms with E-state index in [-0.39, 0.29) is 0 Å². The molecule has 4 saturated carbocycles. The summed E-state index contributed by atoms with van der Waals surface area (Å²) in [6.45, 7) is 2.25. The Kier molecular flexibility index (Phi) is 2.89. The van der Waals surface area contributed by atoms with Gasteiger partial charge in [-0.2, -0.15) is 0 Å². The van der Waals surface area contributed by atoms with Crippen LogP contribution in [0.2, 0.25) is 0 Å². The fourth-order valence-corrected chi connectivity index (χ4v) is 6.27. The normalized spacial score (nSPS) is 43.8. The molecule has 3 unspecified atom stereocenters. The molecule has 0 aliphatic heterocycles. The smallest absolute Gasteiger partial charge is 0.0175 e. The highest BCUT2D eigenvalue weighted by Gasteiger charge is 2.59. The van der Waals surface area contributed by atoms with E-state index in [9.17, 15) is 0 Å². The highest BCUT2D eigenvalue weighted by Crippen LogP contribution is 2.66. The van der Waals surface area contributed by atoms with Crippen molar-refractivity contribution >= 4 is 15.9 Å². The Bertz CT molecular complexity index is 505. The minimum atomic E-state index is 0.350. The van der Waals surface area contributed by atoms with Crippen molar-refractivity contribution < 1.29 is 0 Å². The van der Waals surface area contributed by atoms with E-state index in [0.29, 0.717) is 16.9 Å². The lowest BCUT2D eigenvalue weighted by atomic mass is 9.41. The van der Waals surface area contributed by atoms with Crippen LogP contribution in [-0.2, 0) is 5.41 Å². The number of halogens is 1. The summed E-state index contributed by atoms with van der Waals surface area (Å²) in [5.41, 5.74) is 8.87. The van der Waals surface area contributed by atoms with Crippen LogP contribution in [0.25, 0.3) is 0 Å². The van der Waals surface area contributed by atoms with E-state index in [1.54, 1.807) is 5.56 Å². The predicted molar refractivity (Wildman–Crippen MR) is 86.6 cm³/mol. The van der Waals surface area contributed by atoms with Crippen molar-refractivity contribution in [2.24, 2.45) is 23.0 Å². The summed E-state index contributed by atoms with van der Waals surface area (Å²) in [6.07, 6.45) is 8.37. The van der Waals surface area contributed by atoms with Crippen molar-refractivity contribution in [1.29, 1.82) is 0 Å². The molecule has 108 valence electrons. The van der Waals surface area contributed by atoms with Crippen LogP contribution in [0, 0.1) is 17.3 Å². The molecule has 2 N–H and O–H groups in total. The molecule has 0 radical (unpaired) electrons. The van der Waals surface area contributed by atoms with Gasteiger partial charge in [0.1, 0.15) is 0 Å². The second-order valence-corrected chi connectivity index (χ2v) is 8.81. The van der Waals surface area contributed by atoms with Gasteiger partial charge in [0.05, 0.1) is 0 Å². The number of benzene rings is 1. The molecule has 0 aromatic heterocycles. The second kappa shape index (κ2) is 4.33. The second-order valence-electron chi connectivity index (χ2n) is 7.90. The predicted octanol–water partition coefficient (Wildman–Crippen LogP) is 4.63. The van der Waals surface area contributed by atoms with Gasteiger partial charge in [0.25, 0.3) is 0 Å². The highest BCUT2D eigenvalue weighted by atomic mass is 79.9. The Morgan fingerprint density at radius 3 is 2.25 bits per heavy atom. The van der Waals surface area contributed by atoms with Gasteiger partial charge in [0.2, 0.25) is 0 Å². The van der Waals surface area contributed by atoms with Crippen molar-refractivity contribution in [2.45, 2.75) is 56.9 Å². The van der Waals surface area contributed by atoms with Crippen molar-refractivity contribution in [3.05, 3.63) is 34.3 Å². The molecular weight excluding hydrogens is 310 g/mol. The van der Waals surface area contributed by atoms with Gasteiger partial charge in [-0.15, -0.1) is 0 Å². The fraction of sp³-hybridized carbons (Fsp3) is 0.667. The molecule has 4 fully saturated rings. The van der Waals surface area contributed by atoms with E-state index in [2.05, 4.69) is 47.1 Å².